The molecular weight excluding hydrogens is 150 g/mol. The fourth-order valence-electron chi connectivity index (χ4n) is 0.909. The monoisotopic (exact) mass is 156 g/mol. The molecule has 2 aromatic rings. The molecule has 0 N–H and O–H groups in total. The molecule has 57 valence electrons. The van der Waals surface area contributed by atoms with E-state index in [9.17, 15) is 0 Å². The fourth-order valence-corrected chi connectivity index (χ4v) is 0.909. The number of rotatable bonds is 1. The second kappa shape index (κ2) is 3.09. The van der Waals surface area contributed by atoms with E-state index in [1.165, 1.54) is 0 Å². The molecule has 0 fully saturated rings. The van der Waals surface area contributed by atoms with Crippen molar-refractivity contribution in [2.45, 2.75) is 0 Å². The van der Waals surface area contributed by atoms with E-state index in [2.05, 4.69) is 21.1 Å². The smallest absolute Gasteiger partial charge is 0.159 e. The molecule has 2 heterocycles. The molecule has 0 aliphatic heterocycles. The second-order valence-corrected chi connectivity index (χ2v) is 2.25. The van der Waals surface area contributed by atoms with Gasteiger partial charge in [-0.25, -0.2) is 9.97 Å². The van der Waals surface area contributed by atoms with E-state index in [0.29, 0.717) is 5.82 Å². The minimum absolute atomic E-state index is 0.680. The lowest BCUT2D eigenvalue weighted by Gasteiger charge is -1.95. The molecule has 2 aromatic heterocycles. The standard InChI is InChI=1S/C9H6N3/c1-4-11-9(12-5-1)8-2-6-10-7-3-8/h1-4,6-7H. The molecule has 0 atom stereocenters. The van der Waals surface area contributed by atoms with Gasteiger partial charge in [0.15, 0.2) is 5.82 Å². The lowest BCUT2D eigenvalue weighted by atomic mass is 10.2. The highest BCUT2D eigenvalue weighted by atomic mass is 14.9. The van der Waals surface area contributed by atoms with Crippen LogP contribution in [-0.2, 0) is 0 Å². The van der Waals surface area contributed by atoms with E-state index in [-0.39, 0.29) is 0 Å². The largest absolute Gasteiger partial charge is 0.265 e. The van der Waals surface area contributed by atoms with E-state index in [0.717, 1.165) is 5.56 Å². The minimum atomic E-state index is 0.680. The van der Waals surface area contributed by atoms with Crippen molar-refractivity contribution in [3.63, 3.8) is 0 Å². The van der Waals surface area contributed by atoms with Crippen molar-refractivity contribution in [2.75, 3.05) is 0 Å². The number of hydrogen-bond donors (Lipinski definition) is 0. The van der Waals surface area contributed by atoms with Crippen molar-refractivity contribution in [2.24, 2.45) is 0 Å². The Morgan fingerprint density at radius 1 is 1.08 bits per heavy atom. The Hall–Kier alpha value is -1.77. The Morgan fingerprint density at radius 2 is 1.92 bits per heavy atom. The van der Waals surface area contributed by atoms with Crippen LogP contribution in [0.1, 0.15) is 0 Å². The molecule has 0 amide bonds. The summed E-state index contributed by atoms with van der Waals surface area (Å²) in [5.41, 5.74) is 0.960. The zero-order valence-electron chi connectivity index (χ0n) is 6.31. The van der Waals surface area contributed by atoms with Crippen LogP contribution in [0.3, 0.4) is 0 Å². The summed E-state index contributed by atoms with van der Waals surface area (Å²) in [6.07, 6.45) is 7.82. The van der Waals surface area contributed by atoms with Crippen LogP contribution >= 0.6 is 0 Å². The quantitative estimate of drug-likeness (QED) is 0.625. The maximum absolute atomic E-state index is 4.08. The van der Waals surface area contributed by atoms with E-state index >= 15 is 0 Å². The Labute approximate surface area is 70.1 Å². The second-order valence-electron chi connectivity index (χ2n) is 2.25. The molecule has 12 heavy (non-hydrogen) atoms. The van der Waals surface area contributed by atoms with Crippen LogP contribution in [0.2, 0.25) is 0 Å². The van der Waals surface area contributed by atoms with Gasteiger partial charge < -0.3 is 0 Å². The summed E-state index contributed by atoms with van der Waals surface area (Å²) < 4.78 is 0. The highest BCUT2D eigenvalue weighted by Crippen LogP contribution is 2.10. The molecule has 0 aromatic carbocycles. The maximum Gasteiger partial charge on any atom is 0.159 e. The first kappa shape index (κ1) is 6.91. The van der Waals surface area contributed by atoms with Crippen molar-refractivity contribution in [3.05, 3.63) is 43.0 Å². The molecule has 2 rings (SSSR count). The van der Waals surface area contributed by atoms with Crippen LogP contribution in [0.15, 0.2) is 36.8 Å². The third-order valence-corrected chi connectivity index (χ3v) is 1.45. The van der Waals surface area contributed by atoms with Gasteiger partial charge in [0, 0.05) is 24.2 Å². The van der Waals surface area contributed by atoms with E-state index in [1.54, 1.807) is 24.7 Å². The fraction of sp³-hybridized carbons (Fsp3) is 0. The first-order valence-electron chi connectivity index (χ1n) is 3.56. The SMILES string of the molecule is [c]1ccnc(-c2ccncc2)n1. The van der Waals surface area contributed by atoms with Crippen LogP contribution in [0.5, 0.6) is 0 Å². The highest BCUT2D eigenvalue weighted by Gasteiger charge is 1.96. The first-order valence-corrected chi connectivity index (χ1v) is 3.56. The zero-order valence-corrected chi connectivity index (χ0v) is 6.31. The molecule has 1 radical (unpaired) electrons. The van der Waals surface area contributed by atoms with Gasteiger partial charge in [-0.3, -0.25) is 4.98 Å². The summed E-state index contributed by atoms with van der Waals surface area (Å²) in [6, 6.07) is 5.40. The molecule has 3 heteroatoms. The average Bonchev–Trinajstić information content (AvgIpc) is 2.21. The van der Waals surface area contributed by atoms with Crippen molar-refractivity contribution in [3.8, 4) is 11.4 Å². The summed E-state index contributed by atoms with van der Waals surface area (Å²) in [7, 11) is 0. The van der Waals surface area contributed by atoms with E-state index in [4.69, 9.17) is 0 Å². The molecular formula is C9H6N3. The van der Waals surface area contributed by atoms with Crippen molar-refractivity contribution in [1.82, 2.24) is 15.0 Å². The summed E-state index contributed by atoms with van der Waals surface area (Å²) in [6.45, 7) is 0. The summed E-state index contributed by atoms with van der Waals surface area (Å²) in [5, 5.41) is 0. The maximum atomic E-state index is 4.08. The van der Waals surface area contributed by atoms with Crippen LogP contribution in [0.25, 0.3) is 11.4 Å². The first-order chi connectivity index (χ1) is 5.97. The van der Waals surface area contributed by atoms with Gasteiger partial charge in [0.05, 0.1) is 6.20 Å². The molecule has 0 bridgehead atoms. The number of nitrogens with zero attached hydrogens (tertiary/aromatic N) is 3. The molecule has 0 aliphatic carbocycles. The lowest BCUT2D eigenvalue weighted by Crippen LogP contribution is -1.86. The van der Waals surface area contributed by atoms with Crippen LogP contribution in [-0.4, -0.2) is 15.0 Å². The Morgan fingerprint density at radius 3 is 2.58 bits per heavy atom. The van der Waals surface area contributed by atoms with Crippen LogP contribution in [0, 0.1) is 6.20 Å². The molecule has 0 aliphatic rings. The summed E-state index contributed by atoms with van der Waals surface area (Å²) >= 11 is 0. The molecule has 0 saturated carbocycles. The predicted octanol–water partition coefficient (Wildman–Crippen LogP) is 1.34. The van der Waals surface area contributed by atoms with Gasteiger partial charge in [-0.05, 0) is 18.2 Å². The van der Waals surface area contributed by atoms with Gasteiger partial charge in [0.1, 0.15) is 0 Å². The van der Waals surface area contributed by atoms with Gasteiger partial charge in [-0.1, -0.05) is 0 Å². The van der Waals surface area contributed by atoms with Gasteiger partial charge in [0.2, 0.25) is 0 Å². The van der Waals surface area contributed by atoms with Crippen LogP contribution in [0.4, 0.5) is 0 Å². The van der Waals surface area contributed by atoms with Crippen molar-refractivity contribution < 1.29 is 0 Å². The van der Waals surface area contributed by atoms with E-state index < -0.39 is 0 Å². The van der Waals surface area contributed by atoms with E-state index in [1.807, 2.05) is 12.1 Å². The third kappa shape index (κ3) is 1.29. The van der Waals surface area contributed by atoms with Gasteiger partial charge >= 0.3 is 0 Å². The van der Waals surface area contributed by atoms with Gasteiger partial charge in [-0.15, -0.1) is 0 Å². The van der Waals surface area contributed by atoms with Crippen LogP contribution < -0.4 is 0 Å². The highest BCUT2D eigenvalue weighted by molar-refractivity contribution is 5.52. The average molecular weight is 156 g/mol. The lowest BCUT2D eigenvalue weighted by molar-refractivity contribution is 1.16. The molecule has 0 unspecified atom stereocenters. The number of aromatic nitrogens is 3. The molecule has 0 saturated heterocycles. The van der Waals surface area contributed by atoms with Crippen molar-refractivity contribution in [1.29, 1.82) is 0 Å². The molecule has 3 nitrogen and oxygen atoms in total. The number of hydrogen-bond acceptors (Lipinski definition) is 3. The molecule has 0 spiro atoms. The topological polar surface area (TPSA) is 38.7 Å². The number of pyridine rings is 1. The summed E-state index contributed by atoms with van der Waals surface area (Å²) in [4.78, 5) is 12.0. The normalized spacial score (nSPS) is 9.67. The minimum Gasteiger partial charge on any atom is -0.265 e. The Bertz CT molecular complexity index is 307. The predicted molar refractivity (Wildman–Crippen MR) is 44.1 cm³/mol. The summed E-state index contributed by atoms with van der Waals surface area (Å²) in [5.74, 6) is 0.680. The third-order valence-electron chi connectivity index (χ3n) is 1.45. The van der Waals surface area contributed by atoms with Gasteiger partial charge in [-0.2, -0.15) is 0 Å². The Kier molecular flexibility index (Phi) is 1.78. The Balaban J connectivity index is 2.46. The van der Waals surface area contributed by atoms with Gasteiger partial charge in [0.25, 0.3) is 0 Å². The van der Waals surface area contributed by atoms with Crippen molar-refractivity contribution >= 4 is 0 Å². The zero-order chi connectivity index (χ0) is 8.23.